The summed E-state index contributed by atoms with van der Waals surface area (Å²) < 4.78 is 2.27. The molecular formula is C19H23NO. The summed E-state index contributed by atoms with van der Waals surface area (Å²) in [7, 11) is 0. The molecule has 0 amide bonds. The van der Waals surface area contributed by atoms with E-state index in [9.17, 15) is 4.79 Å². The van der Waals surface area contributed by atoms with Gasteiger partial charge in [-0.15, -0.1) is 0 Å². The zero-order valence-corrected chi connectivity index (χ0v) is 13.4. The number of benzene rings is 1. The molecule has 0 saturated carbocycles. The van der Waals surface area contributed by atoms with Crippen molar-refractivity contribution in [3.05, 3.63) is 52.8 Å². The summed E-state index contributed by atoms with van der Waals surface area (Å²) in [5, 5.41) is 0. The van der Waals surface area contributed by atoms with Gasteiger partial charge in [-0.1, -0.05) is 32.9 Å². The predicted octanol–water partition coefficient (Wildman–Crippen LogP) is 4.50. The standard InChI is InChI=1S/C19H23NO/c1-5-14-7-6-8-15(10-14)20-13(2)9-16-17(20)11-19(3,4)12-18(16)21/h6-10H,5,11-12H2,1-4H3. The second-order valence-electron chi connectivity index (χ2n) is 6.95. The fourth-order valence-corrected chi connectivity index (χ4v) is 3.43. The first-order valence-corrected chi connectivity index (χ1v) is 7.75. The maximum absolute atomic E-state index is 12.4. The molecule has 3 rings (SSSR count). The number of hydrogen-bond acceptors (Lipinski definition) is 1. The van der Waals surface area contributed by atoms with E-state index in [1.165, 1.54) is 16.9 Å². The molecule has 1 aliphatic rings. The van der Waals surface area contributed by atoms with Gasteiger partial charge >= 0.3 is 0 Å². The summed E-state index contributed by atoms with van der Waals surface area (Å²) >= 11 is 0. The molecule has 110 valence electrons. The number of carbonyl (C=O) groups is 1. The predicted molar refractivity (Wildman–Crippen MR) is 86.3 cm³/mol. The first-order chi connectivity index (χ1) is 9.91. The van der Waals surface area contributed by atoms with Crippen LogP contribution in [0.25, 0.3) is 5.69 Å². The Labute approximate surface area is 126 Å². The van der Waals surface area contributed by atoms with Crippen molar-refractivity contribution in [2.45, 2.75) is 47.0 Å². The van der Waals surface area contributed by atoms with E-state index >= 15 is 0 Å². The number of aryl methyl sites for hydroxylation is 2. The Morgan fingerprint density at radius 2 is 1.95 bits per heavy atom. The van der Waals surface area contributed by atoms with E-state index in [0.29, 0.717) is 6.42 Å². The van der Waals surface area contributed by atoms with Gasteiger partial charge in [-0.3, -0.25) is 4.79 Å². The van der Waals surface area contributed by atoms with Crippen LogP contribution < -0.4 is 0 Å². The molecule has 0 fully saturated rings. The summed E-state index contributed by atoms with van der Waals surface area (Å²) in [4.78, 5) is 12.4. The highest BCUT2D eigenvalue weighted by molar-refractivity contribution is 5.99. The lowest BCUT2D eigenvalue weighted by atomic mass is 9.76. The van der Waals surface area contributed by atoms with Crippen LogP contribution >= 0.6 is 0 Å². The maximum Gasteiger partial charge on any atom is 0.165 e. The molecule has 1 heterocycles. The molecule has 0 radical (unpaired) electrons. The van der Waals surface area contributed by atoms with Crippen molar-refractivity contribution in [3.8, 4) is 5.69 Å². The van der Waals surface area contributed by atoms with Crippen LogP contribution in [0.1, 0.15) is 54.5 Å². The Morgan fingerprint density at radius 3 is 2.67 bits per heavy atom. The van der Waals surface area contributed by atoms with Gasteiger partial charge < -0.3 is 4.57 Å². The molecule has 2 aromatic rings. The molecule has 1 aromatic heterocycles. The summed E-state index contributed by atoms with van der Waals surface area (Å²) in [6.07, 6.45) is 2.64. The molecule has 2 nitrogen and oxygen atoms in total. The molecule has 0 aliphatic heterocycles. The smallest absolute Gasteiger partial charge is 0.165 e. The average Bonchev–Trinajstić information content (AvgIpc) is 2.74. The van der Waals surface area contributed by atoms with Gasteiger partial charge in [-0.2, -0.15) is 0 Å². The van der Waals surface area contributed by atoms with Gasteiger partial charge in [0.15, 0.2) is 5.78 Å². The Balaban J connectivity index is 2.18. The second-order valence-corrected chi connectivity index (χ2v) is 6.95. The van der Waals surface area contributed by atoms with Crippen molar-refractivity contribution in [3.63, 3.8) is 0 Å². The molecule has 0 atom stereocenters. The monoisotopic (exact) mass is 281 g/mol. The molecule has 1 aromatic carbocycles. The minimum atomic E-state index is 0.0506. The van der Waals surface area contributed by atoms with Crippen molar-refractivity contribution < 1.29 is 4.79 Å². The summed E-state index contributed by atoms with van der Waals surface area (Å²) in [5.41, 5.74) is 5.82. The van der Waals surface area contributed by atoms with Crippen LogP contribution in [0.2, 0.25) is 0 Å². The Bertz CT molecular complexity index is 706. The van der Waals surface area contributed by atoms with E-state index in [-0.39, 0.29) is 11.2 Å². The topological polar surface area (TPSA) is 22.0 Å². The third-order valence-corrected chi connectivity index (χ3v) is 4.45. The number of hydrogen-bond donors (Lipinski definition) is 0. The number of rotatable bonds is 2. The third-order valence-electron chi connectivity index (χ3n) is 4.45. The van der Waals surface area contributed by atoms with Crippen LogP contribution in [0.3, 0.4) is 0 Å². The van der Waals surface area contributed by atoms with Crippen molar-refractivity contribution in [2.75, 3.05) is 0 Å². The van der Waals surface area contributed by atoms with Crippen molar-refractivity contribution >= 4 is 5.78 Å². The van der Waals surface area contributed by atoms with Gasteiger partial charge in [-0.05, 0) is 48.9 Å². The highest BCUT2D eigenvalue weighted by Crippen LogP contribution is 2.37. The van der Waals surface area contributed by atoms with Crippen LogP contribution in [-0.2, 0) is 12.8 Å². The lowest BCUT2D eigenvalue weighted by Gasteiger charge is -2.30. The number of carbonyl (C=O) groups excluding carboxylic acids is 1. The largest absolute Gasteiger partial charge is 0.317 e. The van der Waals surface area contributed by atoms with E-state index < -0.39 is 0 Å². The number of fused-ring (bicyclic) bond motifs is 1. The molecule has 2 heteroatoms. The molecule has 0 saturated heterocycles. The molecular weight excluding hydrogens is 258 g/mol. The van der Waals surface area contributed by atoms with Crippen LogP contribution in [0.5, 0.6) is 0 Å². The normalized spacial score (nSPS) is 16.9. The van der Waals surface area contributed by atoms with Gasteiger partial charge in [-0.25, -0.2) is 0 Å². The maximum atomic E-state index is 12.4. The molecule has 0 N–H and O–H groups in total. The minimum absolute atomic E-state index is 0.0506. The van der Waals surface area contributed by atoms with Crippen molar-refractivity contribution in [2.24, 2.45) is 5.41 Å². The molecule has 0 spiro atoms. The lowest BCUT2D eigenvalue weighted by molar-refractivity contribution is 0.0911. The van der Waals surface area contributed by atoms with Gasteiger partial charge in [0.2, 0.25) is 0 Å². The number of nitrogens with zero attached hydrogens (tertiary/aromatic N) is 1. The zero-order valence-electron chi connectivity index (χ0n) is 13.4. The van der Waals surface area contributed by atoms with E-state index in [4.69, 9.17) is 0 Å². The van der Waals surface area contributed by atoms with E-state index in [1.54, 1.807) is 0 Å². The van der Waals surface area contributed by atoms with E-state index in [0.717, 1.165) is 24.1 Å². The Kier molecular flexibility index (Phi) is 3.27. The Hall–Kier alpha value is -1.83. The highest BCUT2D eigenvalue weighted by atomic mass is 16.1. The lowest BCUT2D eigenvalue weighted by Crippen LogP contribution is -2.27. The summed E-state index contributed by atoms with van der Waals surface area (Å²) in [6, 6.07) is 10.7. The molecule has 0 unspecified atom stereocenters. The molecule has 21 heavy (non-hydrogen) atoms. The zero-order chi connectivity index (χ0) is 15.2. The molecule has 1 aliphatic carbocycles. The van der Waals surface area contributed by atoms with E-state index in [1.807, 2.05) is 0 Å². The van der Waals surface area contributed by atoms with Crippen LogP contribution in [0.15, 0.2) is 30.3 Å². The van der Waals surface area contributed by atoms with Crippen molar-refractivity contribution in [1.82, 2.24) is 4.57 Å². The SMILES string of the molecule is CCc1cccc(-n2c(C)cc3c2CC(C)(C)CC3=O)c1. The second kappa shape index (κ2) is 4.87. The average molecular weight is 281 g/mol. The quantitative estimate of drug-likeness (QED) is 0.794. The number of Topliss-reactive ketones (excluding diaryl/α,β-unsaturated/α-hetero) is 1. The first kappa shape index (κ1) is 14.1. The van der Waals surface area contributed by atoms with E-state index in [2.05, 4.69) is 62.6 Å². The van der Waals surface area contributed by atoms with Crippen LogP contribution in [-0.4, -0.2) is 10.4 Å². The highest BCUT2D eigenvalue weighted by Gasteiger charge is 2.34. The molecule has 0 bridgehead atoms. The Morgan fingerprint density at radius 1 is 1.19 bits per heavy atom. The van der Waals surface area contributed by atoms with Crippen molar-refractivity contribution in [1.29, 1.82) is 0 Å². The van der Waals surface area contributed by atoms with Gasteiger partial charge in [0.25, 0.3) is 0 Å². The van der Waals surface area contributed by atoms with Crippen LogP contribution in [0, 0.1) is 12.3 Å². The fraction of sp³-hybridized carbons (Fsp3) is 0.421. The third kappa shape index (κ3) is 2.44. The number of ketones is 1. The van der Waals surface area contributed by atoms with Gasteiger partial charge in [0, 0.05) is 29.1 Å². The summed E-state index contributed by atoms with van der Waals surface area (Å²) in [6.45, 7) is 8.63. The van der Waals surface area contributed by atoms with Crippen LogP contribution in [0.4, 0.5) is 0 Å². The van der Waals surface area contributed by atoms with Gasteiger partial charge in [0.05, 0.1) is 0 Å². The summed E-state index contributed by atoms with van der Waals surface area (Å²) in [5.74, 6) is 0.287. The number of aromatic nitrogens is 1. The first-order valence-electron chi connectivity index (χ1n) is 7.75. The van der Waals surface area contributed by atoms with Gasteiger partial charge in [0.1, 0.15) is 0 Å². The fourth-order valence-electron chi connectivity index (χ4n) is 3.43. The minimum Gasteiger partial charge on any atom is -0.317 e.